The summed E-state index contributed by atoms with van der Waals surface area (Å²) < 4.78 is 28.9. The Balaban J connectivity index is 2.21. The first-order valence-electron chi connectivity index (χ1n) is 7.12. The zero-order valence-corrected chi connectivity index (χ0v) is 12.5. The number of aryl methyl sites for hydroxylation is 1. The second kappa shape index (κ2) is 4.67. The molecule has 0 saturated heterocycles. The summed E-state index contributed by atoms with van der Waals surface area (Å²) in [6, 6.07) is 5.43. The summed E-state index contributed by atoms with van der Waals surface area (Å²) in [6.07, 6.45) is 0.939. The Bertz CT molecular complexity index is 683. The Hall–Kier alpha value is -1.68. The predicted octanol–water partition coefficient (Wildman–Crippen LogP) is 4.07. The maximum atomic E-state index is 13.5. The number of rotatable bonds is 1. The van der Waals surface area contributed by atoms with Crippen LogP contribution >= 0.6 is 0 Å². The minimum Gasteiger partial charge on any atom is -0.388 e. The van der Waals surface area contributed by atoms with Crippen molar-refractivity contribution in [2.75, 3.05) is 0 Å². The van der Waals surface area contributed by atoms with Crippen molar-refractivity contribution in [3.63, 3.8) is 0 Å². The van der Waals surface area contributed by atoms with Crippen LogP contribution in [0.25, 0.3) is 5.69 Å². The van der Waals surface area contributed by atoms with Gasteiger partial charge < -0.3 is 9.67 Å². The molecule has 0 spiro atoms. The molecule has 3 rings (SSSR count). The molecule has 1 heterocycles. The molecule has 2 nitrogen and oxygen atoms in total. The highest BCUT2D eigenvalue weighted by Crippen LogP contribution is 2.42. The fourth-order valence-corrected chi connectivity index (χ4v) is 3.37. The van der Waals surface area contributed by atoms with Crippen molar-refractivity contribution in [1.82, 2.24) is 4.57 Å². The maximum absolute atomic E-state index is 13.5. The van der Waals surface area contributed by atoms with Gasteiger partial charge in [0.1, 0.15) is 11.6 Å². The lowest BCUT2D eigenvalue weighted by Crippen LogP contribution is -2.26. The van der Waals surface area contributed by atoms with Crippen LogP contribution in [-0.2, 0) is 6.42 Å². The van der Waals surface area contributed by atoms with E-state index in [4.69, 9.17) is 0 Å². The summed E-state index contributed by atoms with van der Waals surface area (Å²) in [5, 5.41) is 10.3. The highest BCUT2D eigenvalue weighted by molar-refractivity contribution is 5.44. The quantitative estimate of drug-likeness (QED) is 0.842. The normalized spacial score (nSPS) is 20.4. The van der Waals surface area contributed by atoms with Crippen LogP contribution in [0.15, 0.2) is 24.3 Å². The maximum Gasteiger partial charge on any atom is 0.128 e. The van der Waals surface area contributed by atoms with Crippen molar-refractivity contribution >= 4 is 0 Å². The average molecular weight is 291 g/mol. The summed E-state index contributed by atoms with van der Waals surface area (Å²) in [5.41, 5.74) is 3.12. The van der Waals surface area contributed by atoms with Gasteiger partial charge in [-0.3, -0.25) is 0 Å². The molecular formula is C17H19F2NO. The fourth-order valence-electron chi connectivity index (χ4n) is 3.37. The second-order valence-corrected chi connectivity index (χ2v) is 6.71. The van der Waals surface area contributed by atoms with Gasteiger partial charge in [-0.2, -0.15) is 0 Å². The van der Waals surface area contributed by atoms with E-state index in [-0.39, 0.29) is 5.41 Å². The van der Waals surface area contributed by atoms with E-state index in [1.54, 1.807) is 0 Å². The Labute approximate surface area is 123 Å². The topological polar surface area (TPSA) is 25.2 Å². The lowest BCUT2D eigenvalue weighted by atomic mass is 9.75. The van der Waals surface area contributed by atoms with Gasteiger partial charge >= 0.3 is 0 Å². The summed E-state index contributed by atoms with van der Waals surface area (Å²) >= 11 is 0. The van der Waals surface area contributed by atoms with E-state index < -0.39 is 17.7 Å². The van der Waals surface area contributed by atoms with Gasteiger partial charge in [0.05, 0.1) is 11.8 Å². The lowest BCUT2D eigenvalue weighted by Gasteiger charge is -2.34. The van der Waals surface area contributed by atoms with E-state index in [0.29, 0.717) is 12.1 Å². The minimum atomic E-state index is -0.595. The monoisotopic (exact) mass is 291 g/mol. The summed E-state index contributed by atoms with van der Waals surface area (Å²) in [5.74, 6) is -1.19. The number of hydrogen-bond acceptors (Lipinski definition) is 1. The second-order valence-electron chi connectivity index (χ2n) is 6.71. The van der Waals surface area contributed by atoms with Gasteiger partial charge in [-0.1, -0.05) is 13.8 Å². The van der Waals surface area contributed by atoms with E-state index in [2.05, 4.69) is 13.8 Å². The van der Waals surface area contributed by atoms with Gasteiger partial charge in [0.15, 0.2) is 0 Å². The largest absolute Gasteiger partial charge is 0.388 e. The highest BCUT2D eigenvalue weighted by Gasteiger charge is 2.34. The van der Waals surface area contributed by atoms with Gasteiger partial charge in [-0.15, -0.1) is 0 Å². The molecule has 0 amide bonds. The first-order valence-corrected chi connectivity index (χ1v) is 7.12. The first kappa shape index (κ1) is 14.3. The number of halogens is 2. The lowest BCUT2D eigenvalue weighted by molar-refractivity contribution is 0.0987. The van der Waals surface area contributed by atoms with E-state index in [9.17, 15) is 13.9 Å². The molecule has 1 N–H and O–H groups in total. The molecule has 1 aromatic heterocycles. The van der Waals surface area contributed by atoms with Crippen molar-refractivity contribution < 1.29 is 13.9 Å². The molecule has 0 bridgehead atoms. The number of aliphatic hydroxyl groups excluding tert-OH is 1. The molecule has 21 heavy (non-hydrogen) atoms. The average Bonchev–Trinajstić information content (AvgIpc) is 2.63. The third-order valence-corrected chi connectivity index (χ3v) is 4.18. The molecule has 112 valence electrons. The third kappa shape index (κ3) is 2.48. The highest BCUT2D eigenvalue weighted by atomic mass is 19.1. The van der Waals surface area contributed by atoms with Crippen molar-refractivity contribution in [2.24, 2.45) is 5.41 Å². The molecule has 0 aliphatic heterocycles. The van der Waals surface area contributed by atoms with E-state index in [1.807, 2.05) is 17.6 Å². The van der Waals surface area contributed by atoms with Gasteiger partial charge in [0.2, 0.25) is 0 Å². The number of aliphatic hydroxyl groups is 1. The number of benzene rings is 1. The summed E-state index contributed by atoms with van der Waals surface area (Å²) in [4.78, 5) is 0. The van der Waals surface area contributed by atoms with Gasteiger partial charge in [0, 0.05) is 23.0 Å². The molecule has 0 fully saturated rings. The molecule has 0 radical (unpaired) electrons. The smallest absolute Gasteiger partial charge is 0.128 e. The van der Waals surface area contributed by atoms with Crippen LogP contribution in [0.5, 0.6) is 0 Å². The standard InChI is InChI=1S/C17H19F2NO/c1-10-4-14-15(8-17(2,3)9-16(14)21)20(10)13-6-11(18)5-12(19)7-13/h4-7,16,21H,8-9H2,1-3H3. The molecule has 4 heteroatoms. The zero-order chi connectivity index (χ0) is 15.4. The molecule has 0 saturated carbocycles. The van der Waals surface area contributed by atoms with Crippen molar-refractivity contribution in [1.29, 1.82) is 0 Å². The van der Waals surface area contributed by atoms with Crippen molar-refractivity contribution in [2.45, 2.75) is 39.7 Å². The van der Waals surface area contributed by atoms with Crippen LogP contribution in [0.3, 0.4) is 0 Å². The Kier molecular flexibility index (Phi) is 3.17. The van der Waals surface area contributed by atoms with E-state index in [1.165, 1.54) is 12.1 Å². The molecular weight excluding hydrogens is 272 g/mol. The number of hydrogen-bond donors (Lipinski definition) is 1. The van der Waals surface area contributed by atoms with E-state index >= 15 is 0 Å². The van der Waals surface area contributed by atoms with Crippen LogP contribution in [0.1, 0.15) is 43.3 Å². The molecule has 1 aromatic carbocycles. The fraction of sp³-hybridized carbons (Fsp3) is 0.412. The van der Waals surface area contributed by atoms with E-state index in [0.717, 1.165) is 29.4 Å². The van der Waals surface area contributed by atoms with Gasteiger partial charge in [-0.25, -0.2) is 8.78 Å². The zero-order valence-electron chi connectivity index (χ0n) is 12.5. The molecule has 1 unspecified atom stereocenters. The molecule has 1 aliphatic rings. The molecule has 1 atom stereocenters. The number of aromatic nitrogens is 1. The Morgan fingerprint density at radius 2 is 1.76 bits per heavy atom. The Morgan fingerprint density at radius 3 is 2.38 bits per heavy atom. The van der Waals surface area contributed by atoms with Crippen LogP contribution in [0, 0.1) is 24.0 Å². The van der Waals surface area contributed by atoms with Crippen LogP contribution in [0.4, 0.5) is 8.78 Å². The van der Waals surface area contributed by atoms with Crippen molar-refractivity contribution in [3.8, 4) is 5.69 Å². The Morgan fingerprint density at radius 1 is 1.14 bits per heavy atom. The third-order valence-electron chi connectivity index (χ3n) is 4.18. The van der Waals surface area contributed by atoms with Gasteiger partial charge in [-0.05, 0) is 43.4 Å². The predicted molar refractivity (Wildman–Crippen MR) is 77.5 cm³/mol. The first-order chi connectivity index (χ1) is 9.77. The SMILES string of the molecule is Cc1cc2c(n1-c1cc(F)cc(F)c1)CC(C)(C)CC2O. The molecule has 2 aromatic rings. The number of fused-ring (bicyclic) bond motifs is 1. The summed E-state index contributed by atoms with van der Waals surface area (Å²) in [6.45, 7) is 6.08. The molecule has 1 aliphatic carbocycles. The summed E-state index contributed by atoms with van der Waals surface area (Å²) in [7, 11) is 0. The van der Waals surface area contributed by atoms with Crippen LogP contribution in [-0.4, -0.2) is 9.67 Å². The van der Waals surface area contributed by atoms with Gasteiger partial charge in [0.25, 0.3) is 0 Å². The van der Waals surface area contributed by atoms with Crippen molar-refractivity contribution in [3.05, 3.63) is 52.9 Å². The number of nitrogens with zero attached hydrogens (tertiary/aromatic N) is 1. The van der Waals surface area contributed by atoms with Crippen LogP contribution < -0.4 is 0 Å². The minimum absolute atomic E-state index is 0.0408. The van der Waals surface area contributed by atoms with Crippen LogP contribution in [0.2, 0.25) is 0 Å².